The van der Waals surface area contributed by atoms with E-state index in [2.05, 4.69) is 26.6 Å². The number of hydrogen-bond donors (Lipinski definition) is 3. The van der Waals surface area contributed by atoms with Crippen molar-refractivity contribution >= 4 is 50.1 Å². The lowest BCUT2D eigenvalue weighted by Crippen LogP contribution is -2.54. The number of aliphatic hydroxyl groups is 1. The number of unbranched alkanes of at least 4 members (excludes halogenated alkanes) is 1. The zero-order valence-electron chi connectivity index (χ0n) is 22.0. The van der Waals surface area contributed by atoms with Crippen LogP contribution in [0.4, 0.5) is 5.69 Å². The molecule has 3 aromatic carbocycles. The number of nitrogens with zero attached hydrogens (tertiary/aromatic N) is 1. The summed E-state index contributed by atoms with van der Waals surface area (Å²) >= 11 is 3.71. The summed E-state index contributed by atoms with van der Waals surface area (Å²) in [7, 11) is 0. The minimum atomic E-state index is -1.12. The van der Waals surface area contributed by atoms with E-state index in [1.807, 2.05) is 72.8 Å². The Morgan fingerprint density at radius 3 is 2.52 bits per heavy atom. The molecule has 0 aliphatic carbocycles. The Labute approximate surface area is 241 Å². The van der Waals surface area contributed by atoms with Crippen molar-refractivity contribution in [1.82, 2.24) is 10.2 Å². The topological polar surface area (TPSA) is 108 Å². The van der Waals surface area contributed by atoms with Crippen molar-refractivity contribution in [3.05, 3.63) is 78.4 Å². The molecule has 3 saturated heterocycles. The van der Waals surface area contributed by atoms with Crippen LogP contribution in [0.1, 0.15) is 24.8 Å². The summed E-state index contributed by atoms with van der Waals surface area (Å²) in [5.41, 5.74) is 0.470. The molecule has 3 N–H and O–H groups in total. The standard InChI is InChI=1S/C31H32BrN3O5/c32-23-17-31-25(24(26(23)40-31)28(37)33-18-19-8-2-1-3-9-19)30(39)35(14-6-7-15-36)27(31)29(38)34-22-13-12-20-10-4-5-11-21(20)16-22/h1-5,8-13,16,23-27,36H,6-7,14-15,17-18H2,(H,33,37)(H,34,38)/t23?,24-,25-,26-,27?,31?/m0/s1. The first kappa shape index (κ1) is 26.9. The number of benzene rings is 3. The maximum Gasteiger partial charge on any atom is 0.250 e. The average Bonchev–Trinajstić information content (AvgIpc) is 3.55. The first-order valence-electron chi connectivity index (χ1n) is 13.8. The van der Waals surface area contributed by atoms with Crippen LogP contribution in [0.15, 0.2) is 72.8 Å². The highest BCUT2D eigenvalue weighted by Crippen LogP contribution is 2.60. The van der Waals surface area contributed by atoms with Crippen LogP contribution in [-0.4, -0.2) is 63.5 Å². The molecule has 0 saturated carbocycles. The molecule has 208 valence electrons. The van der Waals surface area contributed by atoms with E-state index in [9.17, 15) is 19.5 Å². The van der Waals surface area contributed by atoms with Crippen LogP contribution < -0.4 is 10.6 Å². The van der Waals surface area contributed by atoms with Gasteiger partial charge < -0.3 is 25.4 Å². The quantitative estimate of drug-likeness (QED) is 0.255. The van der Waals surface area contributed by atoms with Gasteiger partial charge in [0.15, 0.2) is 0 Å². The van der Waals surface area contributed by atoms with Crippen LogP contribution in [0.3, 0.4) is 0 Å². The Bertz CT molecular complexity index is 1430. The van der Waals surface area contributed by atoms with Gasteiger partial charge in [0.2, 0.25) is 17.7 Å². The van der Waals surface area contributed by atoms with Gasteiger partial charge in [0.25, 0.3) is 0 Å². The fraction of sp³-hybridized carbons (Fsp3) is 0.387. The van der Waals surface area contributed by atoms with Gasteiger partial charge in [-0.2, -0.15) is 0 Å². The third-order valence-electron chi connectivity index (χ3n) is 8.47. The predicted molar refractivity (Wildman–Crippen MR) is 155 cm³/mol. The molecule has 9 heteroatoms. The van der Waals surface area contributed by atoms with E-state index >= 15 is 0 Å². The molecule has 3 aromatic rings. The second-order valence-corrected chi connectivity index (χ2v) is 12.1. The summed E-state index contributed by atoms with van der Waals surface area (Å²) in [6, 6.07) is 22.3. The van der Waals surface area contributed by atoms with E-state index in [1.165, 1.54) is 0 Å². The highest BCUT2D eigenvalue weighted by molar-refractivity contribution is 9.09. The lowest BCUT2D eigenvalue weighted by molar-refractivity contribution is -0.140. The maximum atomic E-state index is 14.0. The summed E-state index contributed by atoms with van der Waals surface area (Å²) < 4.78 is 6.55. The van der Waals surface area contributed by atoms with Gasteiger partial charge in [-0.1, -0.05) is 76.6 Å². The van der Waals surface area contributed by atoms with Crippen molar-refractivity contribution < 1.29 is 24.2 Å². The number of likely N-dealkylation sites (tertiary alicyclic amines) is 1. The number of halogens is 1. The van der Waals surface area contributed by atoms with E-state index in [0.29, 0.717) is 38.0 Å². The summed E-state index contributed by atoms with van der Waals surface area (Å²) in [5, 5.41) is 17.5. The lowest BCUT2D eigenvalue weighted by Gasteiger charge is -2.34. The van der Waals surface area contributed by atoms with Gasteiger partial charge in [-0.25, -0.2) is 0 Å². The number of rotatable bonds is 9. The Hall–Kier alpha value is -3.27. The molecule has 6 atom stereocenters. The molecule has 8 nitrogen and oxygen atoms in total. The van der Waals surface area contributed by atoms with Crippen LogP contribution in [-0.2, 0) is 25.7 Å². The SMILES string of the molecule is O=C(Nc1ccc2ccccc2c1)C1N(CCCCO)C(=O)[C@@H]2[C@H](C(=O)NCc3ccccc3)[C@H]3OC12CC3Br. The zero-order valence-corrected chi connectivity index (χ0v) is 23.5. The Kier molecular flexibility index (Phi) is 7.37. The molecule has 3 heterocycles. The van der Waals surface area contributed by atoms with Gasteiger partial charge in [0.05, 0.1) is 17.9 Å². The van der Waals surface area contributed by atoms with E-state index in [1.54, 1.807) is 4.90 Å². The second-order valence-electron chi connectivity index (χ2n) is 10.9. The number of aliphatic hydroxyl groups excluding tert-OH is 1. The van der Waals surface area contributed by atoms with Crippen LogP contribution >= 0.6 is 15.9 Å². The van der Waals surface area contributed by atoms with Gasteiger partial charge in [0, 0.05) is 30.2 Å². The first-order chi connectivity index (χ1) is 19.4. The highest BCUT2D eigenvalue weighted by atomic mass is 79.9. The van der Waals surface area contributed by atoms with Crippen LogP contribution in [0.5, 0.6) is 0 Å². The second kappa shape index (κ2) is 11.0. The summed E-state index contributed by atoms with van der Waals surface area (Å²) in [5.74, 6) is -2.29. The van der Waals surface area contributed by atoms with Crippen LogP contribution in [0, 0.1) is 11.8 Å². The minimum absolute atomic E-state index is 0.00286. The molecular formula is C31H32BrN3O5. The molecule has 0 radical (unpaired) electrons. The van der Waals surface area contributed by atoms with Gasteiger partial charge in [0.1, 0.15) is 11.6 Å². The number of fused-ring (bicyclic) bond motifs is 2. The van der Waals surface area contributed by atoms with Gasteiger partial charge in [-0.05, 0) is 47.7 Å². The number of hydrogen-bond acceptors (Lipinski definition) is 5. The average molecular weight is 607 g/mol. The highest BCUT2D eigenvalue weighted by Gasteiger charge is 2.76. The van der Waals surface area contributed by atoms with Gasteiger partial charge in [-0.15, -0.1) is 0 Å². The molecule has 0 aromatic heterocycles. The maximum absolute atomic E-state index is 14.0. The molecule has 1 spiro atoms. The third-order valence-corrected chi connectivity index (χ3v) is 9.32. The molecule has 3 fully saturated rings. The lowest BCUT2D eigenvalue weighted by atomic mass is 9.70. The number of nitrogens with one attached hydrogen (secondary N) is 2. The number of alkyl halides is 1. The van der Waals surface area contributed by atoms with E-state index in [4.69, 9.17) is 4.74 Å². The predicted octanol–water partition coefficient (Wildman–Crippen LogP) is 3.62. The van der Waals surface area contributed by atoms with Crippen molar-refractivity contribution in [2.24, 2.45) is 11.8 Å². The monoisotopic (exact) mass is 605 g/mol. The fourth-order valence-corrected chi connectivity index (χ4v) is 7.69. The van der Waals surface area contributed by atoms with Crippen molar-refractivity contribution in [3.63, 3.8) is 0 Å². The summed E-state index contributed by atoms with van der Waals surface area (Å²) in [4.78, 5) is 43.0. The molecule has 3 amide bonds. The smallest absolute Gasteiger partial charge is 0.250 e. The number of carbonyl (C=O) groups is 3. The summed E-state index contributed by atoms with van der Waals surface area (Å²) in [6.07, 6.45) is 0.978. The van der Waals surface area contributed by atoms with Crippen LogP contribution in [0.2, 0.25) is 0 Å². The van der Waals surface area contributed by atoms with E-state index in [-0.39, 0.29) is 29.2 Å². The number of carbonyl (C=O) groups excluding carboxylic acids is 3. The normalized spacial score (nSPS) is 28.6. The first-order valence-corrected chi connectivity index (χ1v) is 14.7. The van der Waals surface area contributed by atoms with Crippen molar-refractivity contribution in [2.75, 3.05) is 18.5 Å². The number of anilines is 1. The molecular weight excluding hydrogens is 574 g/mol. The van der Waals surface area contributed by atoms with Crippen LogP contribution in [0.25, 0.3) is 10.8 Å². The van der Waals surface area contributed by atoms with Crippen molar-refractivity contribution in [1.29, 1.82) is 0 Å². The van der Waals surface area contributed by atoms with E-state index < -0.39 is 29.6 Å². The number of ether oxygens (including phenoxy) is 1. The molecule has 40 heavy (non-hydrogen) atoms. The molecule has 3 aliphatic heterocycles. The Morgan fingerprint density at radius 2 is 1.75 bits per heavy atom. The molecule has 3 aliphatic rings. The Balaban J connectivity index is 1.29. The van der Waals surface area contributed by atoms with Gasteiger partial charge in [-0.3, -0.25) is 14.4 Å². The molecule has 2 bridgehead atoms. The largest absolute Gasteiger partial charge is 0.396 e. The molecule has 6 rings (SSSR count). The number of amides is 3. The Morgan fingerprint density at radius 1 is 1.00 bits per heavy atom. The zero-order chi connectivity index (χ0) is 27.9. The minimum Gasteiger partial charge on any atom is -0.396 e. The third kappa shape index (κ3) is 4.60. The van der Waals surface area contributed by atoms with E-state index in [0.717, 1.165) is 16.3 Å². The van der Waals surface area contributed by atoms with Crippen molar-refractivity contribution in [3.8, 4) is 0 Å². The van der Waals surface area contributed by atoms with Crippen molar-refractivity contribution in [2.45, 2.75) is 48.4 Å². The van der Waals surface area contributed by atoms with Gasteiger partial charge >= 0.3 is 0 Å². The summed E-state index contributed by atoms with van der Waals surface area (Å²) in [6.45, 7) is 0.639. The molecule has 3 unspecified atom stereocenters. The fourth-order valence-electron chi connectivity index (χ4n) is 6.74.